The van der Waals surface area contributed by atoms with E-state index in [1.54, 1.807) is 4.90 Å². The van der Waals surface area contributed by atoms with Crippen molar-refractivity contribution >= 4 is 17.8 Å². The number of benzene rings is 1. The quantitative estimate of drug-likeness (QED) is 0.723. The Morgan fingerprint density at radius 2 is 1.68 bits per heavy atom. The Balaban J connectivity index is 1.41. The fourth-order valence-electron chi connectivity index (χ4n) is 5.64. The number of likely N-dealkylation sites (tertiary alicyclic amines) is 2. The van der Waals surface area contributed by atoms with Gasteiger partial charge in [0, 0.05) is 50.9 Å². The predicted octanol–water partition coefficient (Wildman–Crippen LogP) is 3.53. The second-order valence-corrected chi connectivity index (χ2v) is 9.33. The van der Waals surface area contributed by atoms with Gasteiger partial charge in [0.2, 0.25) is 0 Å². The zero-order valence-electron chi connectivity index (χ0n) is 19.2. The highest BCUT2D eigenvalue weighted by molar-refractivity contribution is 5.93. The minimum absolute atomic E-state index is 0.0631. The summed E-state index contributed by atoms with van der Waals surface area (Å²) in [6, 6.07) is 9.11. The Bertz CT molecular complexity index is 796. The Kier molecular flexibility index (Phi) is 6.42. The molecule has 7 heteroatoms. The molecule has 4 rings (SSSR count). The maximum absolute atomic E-state index is 12.7. The SMILES string of the molecule is CCOC(=O)N1CCC(N2CCC3(CCN(C(=O)N(C)C)c4ccccc43)CC2)CC1. The number of hydrogen-bond acceptors (Lipinski definition) is 4. The van der Waals surface area contributed by atoms with Crippen LogP contribution in [0.2, 0.25) is 0 Å². The van der Waals surface area contributed by atoms with Crippen molar-refractivity contribution < 1.29 is 14.3 Å². The Morgan fingerprint density at radius 1 is 1.03 bits per heavy atom. The number of ether oxygens (including phenoxy) is 1. The molecule has 1 aromatic carbocycles. The summed E-state index contributed by atoms with van der Waals surface area (Å²) < 4.78 is 5.15. The lowest BCUT2D eigenvalue weighted by atomic mass is 9.67. The van der Waals surface area contributed by atoms with Crippen LogP contribution in [0.25, 0.3) is 0 Å². The van der Waals surface area contributed by atoms with Gasteiger partial charge in [0.1, 0.15) is 0 Å². The molecule has 2 fully saturated rings. The molecule has 3 amide bonds. The molecule has 0 unspecified atom stereocenters. The van der Waals surface area contributed by atoms with Gasteiger partial charge < -0.3 is 19.4 Å². The molecule has 0 N–H and O–H groups in total. The second kappa shape index (κ2) is 9.07. The molecule has 31 heavy (non-hydrogen) atoms. The van der Waals surface area contributed by atoms with Gasteiger partial charge in [-0.2, -0.15) is 0 Å². The number of rotatable bonds is 2. The smallest absolute Gasteiger partial charge is 0.409 e. The molecule has 7 nitrogen and oxygen atoms in total. The standard InChI is InChI=1S/C24H36N4O3/c1-4-31-23(30)27-14-9-19(10-15-27)26-16-11-24(12-17-26)13-18-28(22(29)25(2)3)21-8-6-5-7-20(21)24/h5-8,19H,4,9-18H2,1-3H3. The van der Waals surface area contributed by atoms with Crippen LogP contribution in [0.5, 0.6) is 0 Å². The monoisotopic (exact) mass is 428 g/mol. The molecule has 3 aliphatic heterocycles. The molecule has 2 saturated heterocycles. The normalized spacial score (nSPS) is 21.6. The number of carbonyl (C=O) groups is 2. The maximum Gasteiger partial charge on any atom is 0.409 e. The van der Waals surface area contributed by atoms with Crippen LogP contribution in [0.15, 0.2) is 24.3 Å². The minimum atomic E-state index is -0.172. The Labute approximate surface area is 185 Å². The number of hydrogen-bond donors (Lipinski definition) is 0. The number of anilines is 1. The van der Waals surface area contributed by atoms with E-state index in [0.29, 0.717) is 12.6 Å². The van der Waals surface area contributed by atoms with Gasteiger partial charge in [-0.3, -0.25) is 4.90 Å². The number of piperidine rings is 2. The molecule has 0 aromatic heterocycles. The van der Waals surface area contributed by atoms with Crippen LogP contribution in [0, 0.1) is 0 Å². The van der Waals surface area contributed by atoms with Gasteiger partial charge in [0.05, 0.1) is 6.61 Å². The summed E-state index contributed by atoms with van der Waals surface area (Å²) >= 11 is 0. The van der Waals surface area contributed by atoms with Gasteiger partial charge >= 0.3 is 12.1 Å². The van der Waals surface area contributed by atoms with Gasteiger partial charge in [-0.1, -0.05) is 18.2 Å². The van der Waals surface area contributed by atoms with Crippen LogP contribution in [-0.2, 0) is 10.2 Å². The van der Waals surface area contributed by atoms with Crippen molar-refractivity contribution in [1.29, 1.82) is 0 Å². The summed E-state index contributed by atoms with van der Waals surface area (Å²) in [5.41, 5.74) is 2.60. The molecule has 3 aliphatic rings. The van der Waals surface area contributed by atoms with E-state index in [9.17, 15) is 9.59 Å². The molecular weight excluding hydrogens is 392 g/mol. The van der Waals surface area contributed by atoms with E-state index >= 15 is 0 Å². The van der Waals surface area contributed by atoms with E-state index in [-0.39, 0.29) is 17.5 Å². The molecule has 0 saturated carbocycles. The number of fused-ring (bicyclic) bond motifs is 2. The Hall–Kier alpha value is -2.28. The minimum Gasteiger partial charge on any atom is -0.450 e. The number of nitrogens with zero attached hydrogens (tertiary/aromatic N) is 4. The number of amides is 3. The summed E-state index contributed by atoms with van der Waals surface area (Å²) in [4.78, 5) is 32.8. The summed E-state index contributed by atoms with van der Waals surface area (Å²) in [5, 5.41) is 0. The molecule has 170 valence electrons. The lowest BCUT2D eigenvalue weighted by Gasteiger charge is -2.50. The average Bonchev–Trinajstić information content (AvgIpc) is 2.80. The molecule has 1 aromatic rings. The van der Waals surface area contributed by atoms with E-state index in [2.05, 4.69) is 23.1 Å². The first kappa shape index (κ1) is 21.9. The van der Waals surface area contributed by atoms with Crippen LogP contribution >= 0.6 is 0 Å². The third kappa shape index (κ3) is 4.25. The molecule has 0 atom stereocenters. The van der Waals surface area contributed by atoms with Crippen LogP contribution < -0.4 is 4.90 Å². The molecule has 0 bridgehead atoms. The van der Waals surface area contributed by atoms with Gasteiger partial charge in [-0.25, -0.2) is 9.59 Å². The van der Waals surface area contributed by atoms with Gasteiger partial charge in [-0.05, 0) is 63.7 Å². The van der Waals surface area contributed by atoms with Crippen molar-refractivity contribution in [2.45, 2.75) is 50.5 Å². The predicted molar refractivity (Wildman–Crippen MR) is 122 cm³/mol. The van der Waals surface area contributed by atoms with Gasteiger partial charge in [-0.15, -0.1) is 0 Å². The second-order valence-electron chi connectivity index (χ2n) is 9.33. The van der Waals surface area contributed by atoms with Crippen molar-refractivity contribution in [3.05, 3.63) is 29.8 Å². The largest absolute Gasteiger partial charge is 0.450 e. The highest BCUT2D eigenvalue weighted by Crippen LogP contribution is 2.47. The van der Waals surface area contributed by atoms with E-state index < -0.39 is 0 Å². The molecule has 1 spiro atoms. The van der Waals surface area contributed by atoms with Gasteiger partial charge in [0.15, 0.2) is 0 Å². The first-order chi connectivity index (χ1) is 14.9. The lowest BCUT2D eigenvalue weighted by molar-refractivity contribution is 0.0545. The first-order valence-electron chi connectivity index (χ1n) is 11.7. The third-order valence-electron chi connectivity index (χ3n) is 7.46. The summed E-state index contributed by atoms with van der Waals surface area (Å²) in [7, 11) is 3.64. The lowest BCUT2D eigenvalue weighted by Crippen LogP contribution is -2.54. The van der Waals surface area contributed by atoms with Crippen LogP contribution in [0.4, 0.5) is 15.3 Å². The van der Waals surface area contributed by atoms with E-state index in [1.165, 1.54) is 5.56 Å². The highest BCUT2D eigenvalue weighted by Gasteiger charge is 2.43. The zero-order chi connectivity index (χ0) is 22.0. The molecule has 0 aliphatic carbocycles. The van der Waals surface area contributed by atoms with Crippen LogP contribution in [0.1, 0.15) is 44.6 Å². The summed E-state index contributed by atoms with van der Waals surface area (Å²) in [6.45, 7) is 6.82. The molecule has 0 radical (unpaired) electrons. The average molecular weight is 429 g/mol. The maximum atomic E-state index is 12.7. The van der Waals surface area contributed by atoms with Crippen molar-refractivity contribution in [2.24, 2.45) is 0 Å². The van der Waals surface area contributed by atoms with Gasteiger partial charge in [0.25, 0.3) is 0 Å². The zero-order valence-corrected chi connectivity index (χ0v) is 19.2. The molecular formula is C24H36N4O3. The fraction of sp³-hybridized carbons (Fsp3) is 0.667. The topological polar surface area (TPSA) is 56.3 Å². The number of para-hydroxylation sites is 1. The number of carbonyl (C=O) groups excluding carboxylic acids is 2. The molecule has 3 heterocycles. The Morgan fingerprint density at radius 3 is 2.32 bits per heavy atom. The van der Waals surface area contributed by atoms with Crippen molar-refractivity contribution in [2.75, 3.05) is 58.3 Å². The van der Waals surface area contributed by atoms with E-state index in [0.717, 1.165) is 70.5 Å². The van der Waals surface area contributed by atoms with Crippen molar-refractivity contribution in [1.82, 2.24) is 14.7 Å². The van der Waals surface area contributed by atoms with Crippen LogP contribution in [0.3, 0.4) is 0 Å². The van der Waals surface area contributed by atoms with Crippen molar-refractivity contribution in [3.8, 4) is 0 Å². The van der Waals surface area contributed by atoms with Crippen molar-refractivity contribution in [3.63, 3.8) is 0 Å². The van der Waals surface area contributed by atoms with E-state index in [1.807, 2.05) is 36.9 Å². The number of urea groups is 1. The highest BCUT2D eigenvalue weighted by atomic mass is 16.6. The fourth-order valence-corrected chi connectivity index (χ4v) is 5.64. The summed E-state index contributed by atoms with van der Waals surface area (Å²) in [6.07, 6.45) is 5.16. The summed E-state index contributed by atoms with van der Waals surface area (Å²) in [5.74, 6) is 0. The van der Waals surface area contributed by atoms with E-state index in [4.69, 9.17) is 4.74 Å². The van der Waals surface area contributed by atoms with Crippen LogP contribution in [-0.4, -0.2) is 86.3 Å². The third-order valence-corrected chi connectivity index (χ3v) is 7.46. The first-order valence-corrected chi connectivity index (χ1v) is 11.7.